The number of hydrogen-bond acceptors (Lipinski definition) is 4. The molecule has 0 aromatic heterocycles. The fourth-order valence-electron chi connectivity index (χ4n) is 2.01. The average Bonchev–Trinajstić information content (AvgIpc) is 2.33. The predicted octanol–water partition coefficient (Wildman–Crippen LogP) is 1.25. The lowest BCUT2D eigenvalue weighted by Gasteiger charge is -2.32. The van der Waals surface area contributed by atoms with Gasteiger partial charge in [0.05, 0.1) is 18.6 Å². The van der Waals surface area contributed by atoms with Crippen LogP contribution in [0, 0.1) is 11.3 Å². The van der Waals surface area contributed by atoms with Crippen molar-refractivity contribution in [1.29, 1.82) is 5.26 Å². The first-order chi connectivity index (χ1) is 8.22. The molecule has 1 N–H and O–H groups in total. The molecule has 0 aromatic carbocycles. The molecule has 0 aromatic rings. The van der Waals surface area contributed by atoms with E-state index in [1.165, 1.54) is 0 Å². The van der Waals surface area contributed by atoms with E-state index in [1.54, 1.807) is 0 Å². The number of ether oxygens (including phenoxy) is 1. The van der Waals surface area contributed by atoms with Gasteiger partial charge in [-0.3, -0.25) is 4.79 Å². The van der Waals surface area contributed by atoms with Crippen molar-refractivity contribution >= 4 is 5.97 Å². The Balaban J connectivity index is 2.15. The Labute approximate surface area is 102 Å². The number of carbonyl (C=O) groups is 1. The Hall–Kier alpha value is -1.12. The highest BCUT2D eigenvalue weighted by atomic mass is 16.5. The molecule has 0 amide bonds. The van der Waals surface area contributed by atoms with Gasteiger partial charge in [0.15, 0.2) is 0 Å². The Morgan fingerprint density at radius 1 is 1.59 bits per heavy atom. The Morgan fingerprint density at radius 3 is 3.12 bits per heavy atom. The third-order valence-corrected chi connectivity index (χ3v) is 2.89. The number of unbranched alkanes of at least 4 members (excludes halogenated alkanes) is 1. The molecule has 1 fully saturated rings. The van der Waals surface area contributed by atoms with Gasteiger partial charge in [0.2, 0.25) is 0 Å². The number of nitriles is 1. The Bertz CT molecular complexity index is 275. The molecule has 0 saturated carbocycles. The minimum absolute atomic E-state index is 0.196. The van der Waals surface area contributed by atoms with Gasteiger partial charge in [0, 0.05) is 26.1 Å². The van der Waals surface area contributed by atoms with Gasteiger partial charge in [-0.15, -0.1) is 0 Å². The fourth-order valence-corrected chi connectivity index (χ4v) is 2.01. The van der Waals surface area contributed by atoms with E-state index in [0.29, 0.717) is 19.6 Å². The van der Waals surface area contributed by atoms with Gasteiger partial charge in [0.1, 0.15) is 0 Å². The molecule has 5 heteroatoms. The highest BCUT2D eigenvalue weighted by molar-refractivity contribution is 5.66. The standard InChI is InChI=1S/C12H20N2O3/c13-6-1-2-9-17-11-4-3-7-14(10-11)8-5-12(15)16/h11H,1-5,7-10H2,(H,15,16). The number of likely N-dealkylation sites (tertiary alicyclic amines) is 1. The molecule has 17 heavy (non-hydrogen) atoms. The van der Waals surface area contributed by atoms with Crippen LogP contribution in [0.2, 0.25) is 0 Å². The molecule has 1 atom stereocenters. The third-order valence-electron chi connectivity index (χ3n) is 2.89. The van der Waals surface area contributed by atoms with Crippen molar-refractivity contribution in [3.05, 3.63) is 0 Å². The van der Waals surface area contributed by atoms with Crippen molar-refractivity contribution in [2.45, 2.75) is 38.2 Å². The van der Waals surface area contributed by atoms with Gasteiger partial charge in [-0.1, -0.05) is 0 Å². The van der Waals surface area contributed by atoms with Gasteiger partial charge in [-0.25, -0.2) is 0 Å². The largest absolute Gasteiger partial charge is 0.481 e. The minimum Gasteiger partial charge on any atom is -0.481 e. The van der Waals surface area contributed by atoms with Crippen molar-refractivity contribution in [2.24, 2.45) is 0 Å². The lowest BCUT2D eigenvalue weighted by molar-refractivity contribution is -0.137. The molecule has 1 saturated heterocycles. The predicted molar refractivity (Wildman–Crippen MR) is 62.5 cm³/mol. The second-order valence-corrected chi connectivity index (χ2v) is 4.34. The van der Waals surface area contributed by atoms with Crippen LogP contribution in [-0.4, -0.2) is 48.3 Å². The zero-order chi connectivity index (χ0) is 12.5. The second-order valence-electron chi connectivity index (χ2n) is 4.34. The number of rotatable bonds is 7. The summed E-state index contributed by atoms with van der Waals surface area (Å²) < 4.78 is 5.68. The second kappa shape index (κ2) is 8.04. The van der Waals surface area contributed by atoms with Crippen molar-refractivity contribution in [1.82, 2.24) is 4.90 Å². The third kappa shape index (κ3) is 6.25. The first-order valence-electron chi connectivity index (χ1n) is 6.15. The number of carboxylic acid groups (broad SMARTS) is 1. The quantitative estimate of drug-likeness (QED) is 0.678. The van der Waals surface area contributed by atoms with E-state index < -0.39 is 5.97 Å². The van der Waals surface area contributed by atoms with E-state index in [0.717, 1.165) is 32.4 Å². The molecule has 1 rings (SSSR count). The van der Waals surface area contributed by atoms with E-state index in [9.17, 15) is 4.79 Å². The van der Waals surface area contributed by atoms with Crippen LogP contribution >= 0.6 is 0 Å². The summed E-state index contributed by atoms with van der Waals surface area (Å²) in [7, 11) is 0. The van der Waals surface area contributed by atoms with E-state index in [-0.39, 0.29) is 12.5 Å². The molecule has 0 radical (unpaired) electrons. The highest BCUT2D eigenvalue weighted by Crippen LogP contribution is 2.13. The van der Waals surface area contributed by atoms with Crippen LogP contribution in [0.3, 0.4) is 0 Å². The summed E-state index contributed by atoms with van der Waals surface area (Å²) in [5, 5.41) is 17.0. The molecule has 1 heterocycles. The van der Waals surface area contributed by atoms with Crippen molar-refractivity contribution in [2.75, 3.05) is 26.2 Å². The Kier molecular flexibility index (Phi) is 6.60. The normalized spacial score (nSPS) is 21.0. The van der Waals surface area contributed by atoms with Gasteiger partial charge in [-0.05, 0) is 25.8 Å². The lowest BCUT2D eigenvalue weighted by Crippen LogP contribution is -2.40. The molecule has 1 aliphatic rings. The molecule has 5 nitrogen and oxygen atoms in total. The number of piperidine rings is 1. The first kappa shape index (κ1) is 13.9. The topological polar surface area (TPSA) is 73.6 Å². The van der Waals surface area contributed by atoms with Crippen LogP contribution in [-0.2, 0) is 9.53 Å². The van der Waals surface area contributed by atoms with Crippen LogP contribution in [0.15, 0.2) is 0 Å². The monoisotopic (exact) mass is 240 g/mol. The molecular weight excluding hydrogens is 220 g/mol. The summed E-state index contributed by atoms with van der Waals surface area (Å²) in [5.41, 5.74) is 0. The van der Waals surface area contributed by atoms with Crippen LogP contribution in [0.5, 0.6) is 0 Å². The molecule has 1 unspecified atom stereocenters. The smallest absolute Gasteiger partial charge is 0.304 e. The van der Waals surface area contributed by atoms with Crippen molar-refractivity contribution < 1.29 is 14.6 Å². The van der Waals surface area contributed by atoms with E-state index in [4.69, 9.17) is 15.1 Å². The van der Waals surface area contributed by atoms with E-state index in [1.807, 2.05) is 0 Å². The minimum atomic E-state index is -0.748. The van der Waals surface area contributed by atoms with Crippen LogP contribution in [0.1, 0.15) is 32.1 Å². The molecule has 1 aliphatic heterocycles. The fraction of sp³-hybridized carbons (Fsp3) is 0.833. The SMILES string of the molecule is N#CCCCOC1CCCN(CCC(=O)O)C1. The van der Waals surface area contributed by atoms with Gasteiger partial charge in [0.25, 0.3) is 0 Å². The molecule has 0 spiro atoms. The zero-order valence-corrected chi connectivity index (χ0v) is 10.1. The van der Waals surface area contributed by atoms with Crippen molar-refractivity contribution in [3.8, 4) is 6.07 Å². The summed E-state index contributed by atoms with van der Waals surface area (Å²) in [6.07, 6.45) is 3.81. The summed E-state index contributed by atoms with van der Waals surface area (Å²) in [6, 6.07) is 2.09. The van der Waals surface area contributed by atoms with Crippen LogP contribution in [0.4, 0.5) is 0 Å². The van der Waals surface area contributed by atoms with Crippen LogP contribution < -0.4 is 0 Å². The first-order valence-corrected chi connectivity index (χ1v) is 6.15. The maximum atomic E-state index is 10.5. The number of carboxylic acids is 1. The highest BCUT2D eigenvalue weighted by Gasteiger charge is 2.20. The maximum Gasteiger partial charge on any atom is 0.304 e. The summed E-state index contributed by atoms with van der Waals surface area (Å²) in [6.45, 7) is 3.02. The summed E-state index contributed by atoms with van der Waals surface area (Å²) in [4.78, 5) is 12.6. The molecule has 0 aliphatic carbocycles. The van der Waals surface area contributed by atoms with Gasteiger partial charge in [-0.2, -0.15) is 5.26 Å². The average molecular weight is 240 g/mol. The summed E-state index contributed by atoms with van der Waals surface area (Å²) >= 11 is 0. The van der Waals surface area contributed by atoms with Gasteiger partial charge >= 0.3 is 5.97 Å². The van der Waals surface area contributed by atoms with Crippen molar-refractivity contribution in [3.63, 3.8) is 0 Å². The van der Waals surface area contributed by atoms with E-state index in [2.05, 4.69) is 11.0 Å². The Morgan fingerprint density at radius 2 is 2.41 bits per heavy atom. The van der Waals surface area contributed by atoms with E-state index >= 15 is 0 Å². The van der Waals surface area contributed by atoms with Gasteiger partial charge < -0.3 is 14.7 Å². The number of aliphatic carboxylic acids is 1. The maximum absolute atomic E-state index is 10.5. The number of nitrogens with zero attached hydrogens (tertiary/aromatic N) is 2. The zero-order valence-electron chi connectivity index (χ0n) is 10.1. The summed E-state index contributed by atoms with van der Waals surface area (Å²) in [5.74, 6) is -0.748. The number of hydrogen-bond donors (Lipinski definition) is 1. The van der Waals surface area contributed by atoms with Crippen LogP contribution in [0.25, 0.3) is 0 Å². The lowest BCUT2D eigenvalue weighted by atomic mass is 10.1. The molecule has 96 valence electrons. The molecular formula is C12H20N2O3. The molecule has 0 bridgehead atoms.